The first kappa shape index (κ1) is 10.8. The number of allylic oxidation sites excluding steroid dienone is 1. The molecule has 1 nitrogen and oxygen atoms in total. The zero-order valence-electron chi connectivity index (χ0n) is 9.05. The van der Waals surface area contributed by atoms with Gasteiger partial charge in [-0.3, -0.25) is 0 Å². The third kappa shape index (κ3) is 3.95. The predicted octanol–water partition coefficient (Wildman–Crippen LogP) is 3.26. The molecule has 1 rings (SSSR count). The zero-order valence-corrected chi connectivity index (χ0v) is 9.05. The van der Waals surface area contributed by atoms with Crippen LogP contribution in [0.25, 0.3) is 0 Å². The summed E-state index contributed by atoms with van der Waals surface area (Å²) in [5, 5.41) is 3.72. The molecule has 0 bridgehead atoms. The van der Waals surface area contributed by atoms with Gasteiger partial charge < -0.3 is 5.32 Å². The van der Waals surface area contributed by atoms with Gasteiger partial charge in [0.25, 0.3) is 0 Å². The van der Waals surface area contributed by atoms with Gasteiger partial charge in [0.2, 0.25) is 0 Å². The van der Waals surface area contributed by atoms with Crippen LogP contribution < -0.4 is 5.32 Å². The predicted molar refractivity (Wildman–Crippen MR) is 58.9 cm³/mol. The van der Waals surface area contributed by atoms with E-state index in [-0.39, 0.29) is 0 Å². The van der Waals surface area contributed by atoms with Crippen molar-refractivity contribution in [1.29, 1.82) is 0 Å². The van der Waals surface area contributed by atoms with E-state index in [9.17, 15) is 0 Å². The van der Waals surface area contributed by atoms with Crippen LogP contribution in [0.15, 0.2) is 12.2 Å². The highest BCUT2D eigenvalue weighted by molar-refractivity contribution is 4.98. The first-order valence-corrected chi connectivity index (χ1v) is 5.79. The fourth-order valence-corrected chi connectivity index (χ4v) is 2.01. The van der Waals surface area contributed by atoms with Crippen LogP contribution in [0, 0.1) is 0 Å². The van der Waals surface area contributed by atoms with Crippen molar-refractivity contribution in [3.63, 3.8) is 0 Å². The molecule has 1 aliphatic carbocycles. The number of nitrogens with one attached hydrogen (secondary N) is 1. The zero-order chi connectivity index (χ0) is 9.52. The van der Waals surface area contributed by atoms with Gasteiger partial charge in [-0.25, -0.2) is 0 Å². The molecule has 0 saturated carbocycles. The lowest BCUT2D eigenvalue weighted by Crippen LogP contribution is -2.37. The molecule has 0 spiro atoms. The standard InChI is InChI=1S/C12H23N/c1-3-8-11(4-2)13-12-9-6-5-7-10-12/h6,9,11-13H,3-5,7-8,10H2,1-2H3. The lowest BCUT2D eigenvalue weighted by atomic mass is 10.0. The molecule has 0 aromatic carbocycles. The Morgan fingerprint density at radius 3 is 2.85 bits per heavy atom. The monoisotopic (exact) mass is 181 g/mol. The summed E-state index contributed by atoms with van der Waals surface area (Å²) < 4.78 is 0. The molecule has 0 aromatic heterocycles. The maximum Gasteiger partial charge on any atom is 0.0252 e. The Morgan fingerprint density at radius 2 is 2.31 bits per heavy atom. The Morgan fingerprint density at radius 1 is 1.46 bits per heavy atom. The molecule has 0 fully saturated rings. The second-order valence-corrected chi connectivity index (χ2v) is 4.03. The summed E-state index contributed by atoms with van der Waals surface area (Å²) in [6.45, 7) is 4.54. The van der Waals surface area contributed by atoms with Crippen LogP contribution in [-0.2, 0) is 0 Å². The molecule has 0 aliphatic heterocycles. The highest BCUT2D eigenvalue weighted by atomic mass is 14.9. The Kier molecular flexibility index (Phi) is 5.14. The fourth-order valence-electron chi connectivity index (χ4n) is 2.01. The molecule has 1 aliphatic rings. The van der Waals surface area contributed by atoms with Crippen molar-refractivity contribution in [1.82, 2.24) is 5.32 Å². The number of rotatable bonds is 5. The van der Waals surface area contributed by atoms with E-state index >= 15 is 0 Å². The van der Waals surface area contributed by atoms with Crippen LogP contribution in [0.1, 0.15) is 52.4 Å². The van der Waals surface area contributed by atoms with Gasteiger partial charge >= 0.3 is 0 Å². The van der Waals surface area contributed by atoms with Gasteiger partial charge in [0.15, 0.2) is 0 Å². The van der Waals surface area contributed by atoms with Crippen molar-refractivity contribution in [2.24, 2.45) is 0 Å². The van der Waals surface area contributed by atoms with Crippen molar-refractivity contribution in [2.75, 3.05) is 0 Å². The van der Waals surface area contributed by atoms with E-state index in [0.29, 0.717) is 6.04 Å². The topological polar surface area (TPSA) is 12.0 Å². The van der Waals surface area contributed by atoms with Crippen LogP contribution in [0.3, 0.4) is 0 Å². The van der Waals surface area contributed by atoms with Crippen molar-refractivity contribution in [3.05, 3.63) is 12.2 Å². The van der Waals surface area contributed by atoms with Gasteiger partial charge in [-0.2, -0.15) is 0 Å². The molecule has 0 radical (unpaired) electrons. The van der Waals surface area contributed by atoms with Gasteiger partial charge in [0.1, 0.15) is 0 Å². The molecule has 76 valence electrons. The number of hydrogen-bond donors (Lipinski definition) is 1. The Bertz CT molecular complexity index is 151. The summed E-state index contributed by atoms with van der Waals surface area (Å²) in [6, 6.07) is 1.39. The first-order valence-electron chi connectivity index (χ1n) is 5.79. The highest BCUT2D eigenvalue weighted by Gasteiger charge is 2.12. The maximum atomic E-state index is 3.72. The lowest BCUT2D eigenvalue weighted by molar-refractivity contribution is 0.406. The van der Waals surface area contributed by atoms with E-state index in [2.05, 4.69) is 31.3 Å². The molecule has 0 saturated heterocycles. The van der Waals surface area contributed by atoms with E-state index in [0.717, 1.165) is 6.04 Å². The molecule has 2 unspecified atom stereocenters. The molecule has 13 heavy (non-hydrogen) atoms. The molecule has 0 aromatic rings. The third-order valence-electron chi connectivity index (χ3n) is 2.83. The fraction of sp³-hybridized carbons (Fsp3) is 0.833. The summed E-state index contributed by atoms with van der Waals surface area (Å²) in [5.74, 6) is 0. The molecule has 1 N–H and O–H groups in total. The van der Waals surface area contributed by atoms with E-state index < -0.39 is 0 Å². The van der Waals surface area contributed by atoms with Crippen molar-refractivity contribution >= 4 is 0 Å². The smallest absolute Gasteiger partial charge is 0.0252 e. The quantitative estimate of drug-likeness (QED) is 0.642. The largest absolute Gasteiger partial charge is 0.308 e. The van der Waals surface area contributed by atoms with Crippen LogP contribution >= 0.6 is 0 Å². The van der Waals surface area contributed by atoms with Crippen molar-refractivity contribution in [3.8, 4) is 0 Å². The van der Waals surface area contributed by atoms with Crippen LogP contribution in [-0.4, -0.2) is 12.1 Å². The summed E-state index contributed by atoms with van der Waals surface area (Å²) >= 11 is 0. The van der Waals surface area contributed by atoms with E-state index in [4.69, 9.17) is 0 Å². The molecule has 0 heterocycles. The molecule has 0 amide bonds. The third-order valence-corrected chi connectivity index (χ3v) is 2.83. The Balaban J connectivity index is 2.27. The number of hydrogen-bond acceptors (Lipinski definition) is 1. The summed E-state index contributed by atoms with van der Waals surface area (Å²) in [4.78, 5) is 0. The lowest BCUT2D eigenvalue weighted by Gasteiger charge is -2.24. The van der Waals surface area contributed by atoms with Crippen molar-refractivity contribution < 1.29 is 0 Å². The van der Waals surface area contributed by atoms with Gasteiger partial charge in [0.05, 0.1) is 0 Å². The summed E-state index contributed by atoms with van der Waals surface area (Å²) in [6.07, 6.45) is 12.5. The average molecular weight is 181 g/mol. The molecule has 2 atom stereocenters. The van der Waals surface area contributed by atoms with Crippen LogP contribution in [0.2, 0.25) is 0 Å². The van der Waals surface area contributed by atoms with Crippen LogP contribution in [0.5, 0.6) is 0 Å². The minimum atomic E-state index is 0.658. The van der Waals surface area contributed by atoms with Gasteiger partial charge in [-0.15, -0.1) is 0 Å². The normalized spacial score (nSPS) is 24.6. The SMILES string of the molecule is CCCC(CC)NC1C=CCCC1. The molecular formula is C12H23N. The van der Waals surface area contributed by atoms with E-state index in [1.54, 1.807) is 0 Å². The summed E-state index contributed by atoms with van der Waals surface area (Å²) in [7, 11) is 0. The highest BCUT2D eigenvalue weighted by Crippen LogP contribution is 2.12. The Hall–Kier alpha value is -0.300. The van der Waals surface area contributed by atoms with Gasteiger partial charge in [0, 0.05) is 12.1 Å². The minimum Gasteiger partial charge on any atom is -0.308 e. The van der Waals surface area contributed by atoms with Gasteiger partial charge in [-0.05, 0) is 32.1 Å². The maximum absolute atomic E-state index is 3.72. The molecule has 1 heteroatoms. The summed E-state index contributed by atoms with van der Waals surface area (Å²) in [5.41, 5.74) is 0. The average Bonchev–Trinajstić information content (AvgIpc) is 2.19. The van der Waals surface area contributed by atoms with E-state index in [1.807, 2.05) is 0 Å². The first-order chi connectivity index (χ1) is 6.36. The van der Waals surface area contributed by atoms with Gasteiger partial charge in [-0.1, -0.05) is 32.4 Å². The van der Waals surface area contributed by atoms with Crippen molar-refractivity contribution in [2.45, 2.75) is 64.5 Å². The molecular weight excluding hydrogens is 158 g/mol. The Labute approximate surface area is 82.6 Å². The second-order valence-electron chi connectivity index (χ2n) is 4.03. The minimum absolute atomic E-state index is 0.658. The second kappa shape index (κ2) is 6.20. The van der Waals surface area contributed by atoms with E-state index in [1.165, 1.54) is 38.5 Å². The van der Waals surface area contributed by atoms with Crippen LogP contribution in [0.4, 0.5) is 0 Å².